The van der Waals surface area contributed by atoms with Gasteiger partial charge in [0.15, 0.2) is 5.78 Å². The summed E-state index contributed by atoms with van der Waals surface area (Å²) in [4.78, 5) is 30.4. The number of urea groups is 1. The van der Waals surface area contributed by atoms with Gasteiger partial charge in [-0.15, -0.1) is 0 Å². The van der Waals surface area contributed by atoms with Crippen LogP contribution in [0.15, 0.2) is 72.3 Å². The summed E-state index contributed by atoms with van der Waals surface area (Å²) >= 11 is 6.47. The number of allylic oxidation sites excluding steroid dienone is 4. The Morgan fingerprint density at radius 1 is 0.980 bits per heavy atom. The molecule has 3 N–H and O–H groups in total. The fourth-order valence-corrected chi connectivity index (χ4v) is 12.1. The first-order chi connectivity index (χ1) is 24.3. The number of anilines is 1. The second-order valence-electron chi connectivity index (χ2n) is 16.9. The predicted molar refractivity (Wildman–Crippen MR) is 195 cm³/mol. The number of fused-ring (bicyclic) bond motifs is 1. The molecule has 3 saturated carbocycles. The molecule has 2 aromatic carbocycles. The number of hydrogen-bond donors (Lipinski definition) is 3. The van der Waals surface area contributed by atoms with Gasteiger partial charge in [-0.05, 0) is 99.3 Å². The second kappa shape index (κ2) is 12.5. The molecule has 7 nitrogen and oxygen atoms in total. The van der Waals surface area contributed by atoms with Crippen molar-refractivity contribution in [3.8, 4) is 0 Å². The molecule has 2 aromatic rings. The van der Waals surface area contributed by atoms with Gasteiger partial charge in [-0.25, -0.2) is 9.18 Å². The summed E-state index contributed by atoms with van der Waals surface area (Å²) in [5.74, 6) is -0.644. The Labute approximate surface area is 305 Å². The number of nitrogens with one attached hydrogen (secondary N) is 1. The number of aliphatic hydroxyl groups is 2. The molecule has 1 saturated heterocycles. The number of nitrogens with zero attached hydrogens (tertiary/aromatic N) is 1. The van der Waals surface area contributed by atoms with Gasteiger partial charge in [-0.3, -0.25) is 4.79 Å². The van der Waals surface area contributed by atoms with Gasteiger partial charge in [0, 0.05) is 57.7 Å². The van der Waals surface area contributed by atoms with Crippen LogP contribution >= 0.6 is 11.6 Å². The summed E-state index contributed by atoms with van der Waals surface area (Å²) in [5, 5.41) is 27.3. The van der Waals surface area contributed by atoms with E-state index < -0.39 is 33.8 Å². The molecule has 272 valence electrons. The van der Waals surface area contributed by atoms with Crippen LogP contribution in [0, 0.1) is 39.3 Å². The third kappa shape index (κ3) is 5.29. The maximum Gasteiger partial charge on any atom is 0.322 e. The summed E-state index contributed by atoms with van der Waals surface area (Å²) in [6.07, 6.45) is 12.5. The van der Waals surface area contributed by atoms with Gasteiger partial charge in [0.25, 0.3) is 0 Å². The predicted octanol–water partition coefficient (Wildman–Crippen LogP) is 7.89. The van der Waals surface area contributed by atoms with Gasteiger partial charge < -0.3 is 25.2 Å². The van der Waals surface area contributed by atoms with Crippen LogP contribution in [-0.2, 0) is 16.0 Å². The Morgan fingerprint density at radius 3 is 2.47 bits per heavy atom. The minimum atomic E-state index is -1.23. The summed E-state index contributed by atoms with van der Waals surface area (Å²) in [7, 11) is 0. The number of rotatable bonds is 8. The van der Waals surface area contributed by atoms with Crippen LogP contribution in [0.3, 0.4) is 0 Å². The van der Waals surface area contributed by atoms with Crippen molar-refractivity contribution in [2.45, 2.75) is 95.9 Å². The maximum absolute atomic E-state index is 15.1. The number of carbonyl (C=O) groups is 2. The average Bonchev–Trinajstić information content (AvgIpc) is 3.71. The van der Waals surface area contributed by atoms with Crippen LogP contribution in [-0.4, -0.2) is 64.4 Å². The zero-order valence-corrected chi connectivity index (χ0v) is 30.4. The van der Waals surface area contributed by atoms with Crippen molar-refractivity contribution in [3.05, 3.63) is 88.7 Å². The number of amides is 2. The number of aliphatic hydroxyl groups excluding tert-OH is 1. The van der Waals surface area contributed by atoms with Gasteiger partial charge in [0.05, 0.1) is 24.4 Å². The molecule has 2 amide bonds. The minimum Gasteiger partial charge on any atom is -0.393 e. The van der Waals surface area contributed by atoms with Crippen molar-refractivity contribution in [2.24, 2.45) is 33.5 Å². The summed E-state index contributed by atoms with van der Waals surface area (Å²) in [5.41, 5.74) is -1.66. The van der Waals surface area contributed by atoms with Crippen LogP contribution in [0.2, 0.25) is 5.02 Å². The van der Waals surface area contributed by atoms with E-state index in [1.54, 1.807) is 17.0 Å². The Bertz CT molecular complexity index is 1760. The number of ether oxygens (including phenoxy) is 1. The van der Waals surface area contributed by atoms with Crippen LogP contribution in [0.4, 0.5) is 14.9 Å². The Hall–Kier alpha value is -3.04. The SMILES string of the molecule is CC12CCC(O)CC13C=CC1(C(C(=O)Cc4c(F)cccc4Cl)=C3)C2CCC2(C)C1CCC2(O)CN(CC1CCCO1)C(=O)Nc1ccccc1. The van der Waals surface area contributed by atoms with Gasteiger partial charge in [-0.2, -0.15) is 0 Å². The third-order valence-electron chi connectivity index (χ3n) is 14.6. The number of ketones is 1. The summed E-state index contributed by atoms with van der Waals surface area (Å²) < 4.78 is 21.1. The first-order valence-corrected chi connectivity index (χ1v) is 19.2. The van der Waals surface area contributed by atoms with E-state index in [0.717, 1.165) is 32.1 Å². The molecule has 0 radical (unpaired) electrons. The number of Topliss-reactive ketones (excluding diaryl/α,β-unsaturated/α-hetero) is 1. The van der Waals surface area contributed by atoms with Gasteiger partial charge in [-0.1, -0.05) is 67.9 Å². The highest BCUT2D eigenvalue weighted by molar-refractivity contribution is 6.31. The quantitative estimate of drug-likeness (QED) is 0.242. The monoisotopic (exact) mass is 716 g/mol. The van der Waals surface area contributed by atoms with Gasteiger partial charge >= 0.3 is 6.03 Å². The van der Waals surface area contributed by atoms with Crippen molar-refractivity contribution in [2.75, 3.05) is 25.0 Å². The van der Waals surface area contributed by atoms with E-state index in [-0.39, 0.29) is 58.7 Å². The van der Waals surface area contributed by atoms with E-state index in [1.807, 2.05) is 30.3 Å². The number of benzene rings is 2. The minimum absolute atomic E-state index is 0.0961. The summed E-state index contributed by atoms with van der Waals surface area (Å²) in [6.45, 7) is 5.70. The zero-order valence-electron chi connectivity index (χ0n) is 29.7. The average molecular weight is 717 g/mol. The molecule has 9 heteroatoms. The molecule has 1 heterocycles. The van der Waals surface area contributed by atoms with Crippen LogP contribution in [0.5, 0.6) is 0 Å². The van der Waals surface area contributed by atoms with Crippen molar-refractivity contribution in [1.29, 1.82) is 0 Å². The van der Waals surface area contributed by atoms with E-state index in [9.17, 15) is 19.8 Å². The van der Waals surface area contributed by atoms with Crippen LogP contribution in [0.1, 0.15) is 77.2 Å². The normalized spacial score (nSPS) is 39.1. The van der Waals surface area contributed by atoms with Crippen LogP contribution in [0.25, 0.3) is 0 Å². The number of hydrogen-bond acceptors (Lipinski definition) is 5. The summed E-state index contributed by atoms with van der Waals surface area (Å²) in [6, 6.07) is 13.6. The smallest absolute Gasteiger partial charge is 0.322 e. The molecule has 2 bridgehead atoms. The van der Waals surface area contributed by atoms with Gasteiger partial charge in [0.2, 0.25) is 0 Å². The largest absolute Gasteiger partial charge is 0.393 e. The molecule has 9 rings (SSSR count). The van der Waals surface area contributed by atoms with E-state index in [4.69, 9.17) is 16.3 Å². The molecule has 9 atom stereocenters. The third-order valence-corrected chi connectivity index (χ3v) is 15.0. The molecule has 0 aromatic heterocycles. The molecular weight excluding hydrogens is 667 g/mol. The molecule has 1 aliphatic heterocycles. The zero-order chi connectivity index (χ0) is 35.8. The highest BCUT2D eigenvalue weighted by Gasteiger charge is 2.74. The van der Waals surface area contributed by atoms with Crippen molar-refractivity contribution >= 4 is 29.1 Å². The first kappa shape index (κ1) is 35.0. The molecule has 7 aliphatic rings. The molecule has 6 aliphatic carbocycles. The second-order valence-corrected chi connectivity index (χ2v) is 17.3. The number of carbonyl (C=O) groups excluding carboxylic acids is 2. The lowest BCUT2D eigenvalue weighted by atomic mass is 9.32. The molecule has 4 fully saturated rings. The van der Waals surface area contributed by atoms with Gasteiger partial charge in [0.1, 0.15) is 5.82 Å². The van der Waals surface area contributed by atoms with Crippen molar-refractivity contribution < 1.29 is 28.9 Å². The van der Waals surface area contributed by atoms with E-state index in [1.165, 1.54) is 6.07 Å². The highest BCUT2D eigenvalue weighted by atomic mass is 35.5. The maximum atomic E-state index is 15.1. The number of para-hydroxylation sites is 1. The van der Waals surface area contributed by atoms with Crippen molar-refractivity contribution in [3.63, 3.8) is 0 Å². The Kier molecular flexibility index (Phi) is 8.61. The Balaban J connectivity index is 1.17. The molecule has 51 heavy (non-hydrogen) atoms. The Morgan fingerprint density at radius 2 is 1.73 bits per heavy atom. The van der Waals surface area contributed by atoms with E-state index in [2.05, 4.69) is 37.4 Å². The lowest BCUT2D eigenvalue weighted by Gasteiger charge is -2.71. The van der Waals surface area contributed by atoms with E-state index in [0.29, 0.717) is 50.1 Å². The fourth-order valence-electron chi connectivity index (χ4n) is 11.9. The van der Waals surface area contributed by atoms with Crippen LogP contribution < -0.4 is 5.32 Å². The lowest BCUT2D eigenvalue weighted by Crippen LogP contribution is -2.67. The standard InChI is InChI=1S/C42H50ClFN2O5/c1-38-16-13-28(47)23-40(38)19-20-42(31(24-40)34(48)22-30-32(43)11-6-12-33(30)44)35(38)14-17-39(2)36(42)15-18-41(39,50)26-46(25-29-10-7-21-51-29)37(49)45-27-8-4-3-5-9-27/h3-6,8-9,11-12,19-20,24,28-29,35-36,47,50H,7,10,13-18,21-23,25-26H2,1-2H3,(H,45,49). The van der Waals surface area contributed by atoms with Crippen molar-refractivity contribution in [1.82, 2.24) is 4.90 Å². The number of halogens is 2. The molecule has 9 unspecified atom stereocenters. The topological polar surface area (TPSA) is 99.1 Å². The molecule has 2 spiro atoms. The van der Waals surface area contributed by atoms with E-state index >= 15 is 4.39 Å². The highest BCUT2D eigenvalue weighted by Crippen LogP contribution is 2.78. The lowest BCUT2D eigenvalue weighted by molar-refractivity contribution is -0.178. The fraction of sp³-hybridized carbons (Fsp3) is 0.571. The molecular formula is C42H50ClFN2O5. The first-order valence-electron chi connectivity index (χ1n) is 18.9.